The Hall–Kier alpha value is -1.17. The highest BCUT2D eigenvalue weighted by molar-refractivity contribution is 5.36. The standard InChI is InChI=1S/C14H21FN2O2/c1-16-5-7-17(8-6-16)13(10-18)12-9-11(15)3-4-14(12)19-2/h3-4,9,13,18H,5-8,10H2,1-2H3. The number of ether oxygens (including phenoxy) is 1. The number of aliphatic hydroxyl groups excluding tert-OH is 1. The van der Waals surface area contributed by atoms with Crippen molar-refractivity contribution in [3.8, 4) is 5.75 Å². The number of nitrogens with zero attached hydrogens (tertiary/aromatic N) is 2. The topological polar surface area (TPSA) is 35.9 Å². The van der Waals surface area contributed by atoms with Crippen molar-refractivity contribution in [3.05, 3.63) is 29.6 Å². The Bertz CT molecular complexity index is 420. The lowest BCUT2D eigenvalue weighted by Gasteiger charge is -2.37. The van der Waals surface area contributed by atoms with Gasteiger partial charge in [-0.3, -0.25) is 4.90 Å². The number of piperazine rings is 1. The third-order valence-electron chi connectivity index (χ3n) is 3.70. The maximum Gasteiger partial charge on any atom is 0.123 e. The van der Waals surface area contributed by atoms with Crippen LogP contribution in [0.4, 0.5) is 4.39 Å². The minimum atomic E-state index is -0.302. The summed E-state index contributed by atoms with van der Waals surface area (Å²) in [5.41, 5.74) is 0.717. The minimum Gasteiger partial charge on any atom is -0.496 e. The predicted octanol–water partition coefficient (Wildman–Crippen LogP) is 1.12. The summed E-state index contributed by atoms with van der Waals surface area (Å²) in [6.07, 6.45) is 0. The first kappa shape index (κ1) is 14.2. The highest BCUT2D eigenvalue weighted by Crippen LogP contribution is 2.30. The molecule has 0 bridgehead atoms. The van der Waals surface area contributed by atoms with Gasteiger partial charge >= 0.3 is 0 Å². The Morgan fingerprint density at radius 2 is 2.00 bits per heavy atom. The Morgan fingerprint density at radius 3 is 2.58 bits per heavy atom. The van der Waals surface area contributed by atoms with Gasteiger partial charge in [0.15, 0.2) is 0 Å². The summed E-state index contributed by atoms with van der Waals surface area (Å²) in [6, 6.07) is 4.24. The van der Waals surface area contributed by atoms with Crippen molar-refractivity contribution in [2.75, 3.05) is 46.9 Å². The summed E-state index contributed by atoms with van der Waals surface area (Å²) in [5.74, 6) is 0.322. The number of methoxy groups -OCH3 is 1. The third kappa shape index (κ3) is 3.23. The lowest BCUT2D eigenvalue weighted by atomic mass is 10.0. The maximum atomic E-state index is 13.4. The number of benzene rings is 1. The summed E-state index contributed by atoms with van der Waals surface area (Å²) < 4.78 is 18.7. The van der Waals surface area contributed by atoms with E-state index in [1.807, 2.05) is 0 Å². The van der Waals surface area contributed by atoms with Crippen LogP contribution in [0, 0.1) is 5.82 Å². The van der Waals surface area contributed by atoms with Crippen LogP contribution in [0.5, 0.6) is 5.75 Å². The zero-order valence-corrected chi connectivity index (χ0v) is 11.5. The lowest BCUT2D eigenvalue weighted by molar-refractivity contribution is 0.0733. The van der Waals surface area contributed by atoms with Crippen LogP contribution in [-0.2, 0) is 0 Å². The van der Waals surface area contributed by atoms with Gasteiger partial charge in [0.1, 0.15) is 11.6 Å². The van der Waals surface area contributed by atoms with E-state index in [4.69, 9.17) is 4.74 Å². The number of rotatable bonds is 4. The molecule has 1 fully saturated rings. The van der Waals surface area contributed by atoms with Crippen molar-refractivity contribution >= 4 is 0 Å². The Morgan fingerprint density at radius 1 is 1.32 bits per heavy atom. The third-order valence-corrected chi connectivity index (χ3v) is 3.70. The van der Waals surface area contributed by atoms with E-state index in [9.17, 15) is 9.50 Å². The number of hydrogen-bond donors (Lipinski definition) is 1. The summed E-state index contributed by atoms with van der Waals surface area (Å²) in [5, 5.41) is 9.68. The molecule has 0 amide bonds. The molecular weight excluding hydrogens is 247 g/mol. The van der Waals surface area contributed by atoms with Crippen LogP contribution < -0.4 is 4.74 Å². The summed E-state index contributed by atoms with van der Waals surface area (Å²) in [4.78, 5) is 4.42. The molecule has 1 saturated heterocycles. The fraction of sp³-hybridized carbons (Fsp3) is 0.571. The molecule has 19 heavy (non-hydrogen) atoms. The molecule has 4 nitrogen and oxygen atoms in total. The molecule has 0 aliphatic carbocycles. The van der Waals surface area contributed by atoms with Crippen LogP contribution in [0.3, 0.4) is 0 Å². The first-order chi connectivity index (χ1) is 9.15. The number of halogens is 1. The fourth-order valence-corrected chi connectivity index (χ4v) is 2.51. The van der Waals surface area contributed by atoms with Crippen molar-refractivity contribution in [2.45, 2.75) is 6.04 Å². The molecule has 0 radical (unpaired) electrons. The lowest BCUT2D eigenvalue weighted by Crippen LogP contribution is -2.46. The van der Waals surface area contributed by atoms with Gasteiger partial charge in [-0.25, -0.2) is 4.39 Å². The van der Waals surface area contributed by atoms with Crippen molar-refractivity contribution in [3.63, 3.8) is 0 Å². The monoisotopic (exact) mass is 268 g/mol. The first-order valence-corrected chi connectivity index (χ1v) is 6.52. The van der Waals surface area contributed by atoms with Gasteiger partial charge in [0, 0.05) is 31.7 Å². The second-order valence-electron chi connectivity index (χ2n) is 4.92. The van der Waals surface area contributed by atoms with Gasteiger partial charge < -0.3 is 14.7 Å². The van der Waals surface area contributed by atoms with Gasteiger partial charge in [-0.1, -0.05) is 0 Å². The summed E-state index contributed by atoms with van der Waals surface area (Å²) in [7, 11) is 3.64. The normalized spacial score (nSPS) is 19.4. The molecule has 0 spiro atoms. The predicted molar refractivity (Wildman–Crippen MR) is 71.8 cm³/mol. The van der Waals surface area contributed by atoms with Crippen molar-refractivity contribution < 1.29 is 14.2 Å². The number of likely N-dealkylation sites (N-methyl/N-ethyl adjacent to an activating group) is 1. The number of aliphatic hydroxyl groups is 1. The quantitative estimate of drug-likeness (QED) is 0.887. The molecule has 1 atom stereocenters. The van der Waals surface area contributed by atoms with E-state index in [0.717, 1.165) is 31.7 Å². The summed E-state index contributed by atoms with van der Waals surface area (Å²) in [6.45, 7) is 3.59. The molecule has 2 rings (SSSR count). The molecule has 5 heteroatoms. The molecule has 1 unspecified atom stereocenters. The zero-order valence-electron chi connectivity index (χ0n) is 11.5. The van der Waals surface area contributed by atoms with E-state index in [-0.39, 0.29) is 18.5 Å². The van der Waals surface area contributed by atoms with Crippen molar-refractivity contribution in [1.29, 1.82) is 0 Å². The molecule has 1 aromatic rings. The molecule has 0 aromatic heterocycles. The van der Waals surface area contributed by atoms with Crippen LogP contribution >= 0.6 is 0 Å². The van der Waals surface area contributed by atoms with Gasteiger partial charge in [0.05, 0.1) is 19.8 Å². The fourth-order valence-electron chi connectivity index (χ4n) is 2.51. The second-order valence-corrected chi connectivity index (χ2v) is 4.92. The summed E-state index contributed by atoms with van der Waals surface area (Å²) >= 11 is 0. The Balaban J connectivity index is 2.23. The largest absolute Gasteiger partial charge is 0.496 e. The average Bonchev–Trinajstić information content (AvgIpc) is 2.42. The van der Waals surface area contributed by atoms with Gasteiger partial charge in [-0.05, 0) is 25.2 Å². The average molecular weight is 268 g/mol. The van der Waals surface area contributed by atoms with E-state index < -0.39 is 0 Å². The van der Waals surface area contributed by atoms with E-state index in [1.54, 1.807) is 13.2 Å². The first-order valence-electron chi connectivity index (χ1n) is 6.52. The van der Waals surface area contributed by atoms with E-state index in [2.05, 4.69) is 16.8 Å². The highest BCUT2D eigenvalue weighted by atomic mass is 19.1. The minimum absolute atomic E-state index is 0.0382. The molecular formula is C14H21FN2O2. The highest BCUT2D eigenvalue weighted by Gasteiger charge is 2.25. The smallest absolute Gasteiger partial charge is 0.123 e. The Kier molecular flexibility index (Phi) is 4.74. The SMILES string of the molecule is COc1ccc(F)cc1C(CO)N1CCN(C)CC1. The second kappa shape index (κ2) is 6.32. The van der Waals surface area contributed by atoms with Gasteiger partial charge in [0.25, 0.3) is 0 Å². The van der Waals surface area contributed by atoms with E-state index in [0.29, 0.717) is 5.75 Å². The Labute approximate surface area is 113 Å². The van der Waals surface area contributed by atoms with Gasteiger partial charge in [-0.15, -0.1) is 0 Å². The number of hydrogen-bond acceptors (Lipinski definition) is 4. The molecule has 106 valence electrons. The molecule has 1 aliphatic rings. The van der Waals surface area contributed by atoms with Gasteiger partial charge in [0.2, 0.25) is 0 Å². The van der Waals surface area contributed by atoms with Crippen LogP contribution in [0.1, 0.15) is 11.6 Å². The van der Waals surface area contributed by atoms with Crippen LogP contribution in [-0.4, -0.2) is 61.8 Å². The molecule has 1 heterocycles. The molecule has 1 aliphatic heterocycles. The maximum absolute atomic E-state index is 13.4. The van der Waals surface area contributed by atoms with Crippen LogP contribution in [0.2, 0.25) is 0 Å². The van der Waals surface area contributed by atoms with Crippen molar-refractivity contribution in [2.24, 2.45) is 0 Å². The molecule has 0 saturated carbocycles. The van der Waals surface area contributed by atoms with E-state index in [1.165, 1.54) is 12.1 Å². The van der Waals surface area contributed by atoms with E-state index >= 15 is 0 Å². The van der Waals surface area contributed by atoms with Crippen molar-refractivity contribution in [1.82, 2.24) is 9.80 Å². The molecule has 1 N–H and O–H groups in total. The zero-order chi connectivity index (χ0) is 13.8. The van der Waals surface area contributed by atoms with Crippen LogP contribution in [0.25, 0.3) is 0 Å². The van der Waals surface area contributed by atoms with Gasteiger partial charge in [-0.2, -0.15) is 0 Å². The van der Waals surface area contributed by atoms with Crippen LogP contribution in [0.15, 0.2) is 18.2 Å². The molecule has 1 aromatic carbocycles.